The monoisotopic (exact) mass is 214 g/mol. The average molecular weight is 214 g/mol. The molecule has 15 heavy (non-hydrogen) atoms. The van der Waals surface area contributed by atoms with Gasteiger partial charge in [-0.2, -0.15) is 8.78 Å². The molecule has 2 N–H and O–H groups in total. The Kier molecular flexibility index (Phi) is 2.51. The van der Waals surface area contributed by atoms with Crippen LogP contribution in [0.3, 0.4) is 0 Å². The molecule has 0 bridgehead atoms. The molecule has 0 saturated carbocycles. The van der Waals surface area contributed by atoms with Crippen LogP contribution in [0.1, 0.15) is 5.56 Å². The maximum Gasteiger partial charge on any atom is 0.387 e. The van der Waals surface area contributed by atoms with Crippen molar-refractivity contribution in [1.29, 1.82) is 0 Å². The Bertz CT molecular complexity index is 470. The lowest BCUT2D eigenvalue weighted by Gasteiger charge is -2.08. The number of rotatable bonds is 3. The molecular weight excluding hydrogens is 206 g/mol. The van der Waals surface area contributed by atoms with Gasteiger partial charge in [-0.1, -0.05) is 0 Å². The van der Waals surface area contributed by atoms with Crippen LogP contribution < -0.4 is 4.74 Å². The summed E-state index contributed by atoms with van der Waals surface area (Å²) in [4.78, 5) is 6.71. The van der Waals surface area contributed by atoms with Gasteiger partial charge in [0.1, 0.15) is 5.75 Å². The normalized spacial score (nSPS) is 11.2. The Morgan fingerprint density at radius 3 is 2.93 bits per heavy atom. The first kappa shape index (κ1) is 9.85. The van der Waals surface area contributed by atoms with E-state index in [9.17, 15) is 8.78 Å². The molecular formula is C9H8F2N2O2. The smallest absolute Gasteiger partial charge is 0.387 e. The van der Waals surface area contributed by atoms with Gasteiger partial charge in [-0.15, -0.1) is 0 Å². The van der Waals surface area contributed by atoms with Crippen LogP contribution in [0.5, 0.6) is 5.75 Å². The van der Waals surface area contributed by atoms with Crippen molar-refractivity contribution >= 4 is 11.0 Å². The van der Waals surface area contributed by atoms with Crippen LogP contribution in [0, 0.1) is 0 Å². The van der Waals surface area contributed by atoms with E-state index in [1.54, 1.807) is 0 Å². The average Bonchev–Trinajstić information content (AvgIpc) is 2.62. The van der Waals surface area contributed by atoms with Crippen molar-refractivity contribution in [3.8, 4) is 5.75 Å². The highest BCUT2D eigenvalue weighted by Gasteiger charge is 2.11. The molecule has 80 valence electrons. The van der Waals surface area contributed by atoms with E-state index in [0.717, 1.165) is 0 Å². The summed E-state index contributed by atoms with van der Waals surface area (Å²) in [6, 6.07) is 2.89. The zero-order chi connectivity index (χ0) is 10.8. The second-order valence-corrected chi connectivity index (χ2v) is 2.92. The maximum atomic E-state index is 12.0. The van der Waals surface area contributed by atoms with Gasteiger partial charge >= 0.3 is 6.61 Å². The van der Waals surface area contributed by atoms with Crippen LogP contribution in [0.2, 0.25) is 0 Å². The quantitative estimate of drug-likeness (QED) is 0.816. The zero-order valence-corrected chi connectivity index (χ0v) is 7.58. The van der Waals surface area contributed by atoms with Crippen molar-refractivity contribution < 1.29 is 18.6 Å². The molecule has 0 atom stereocenters. The number of benzene rings is 1. The lowest BCUT2D eigenvalue weighted by Crippen LogP contribution is -2.04. The highest BCUT2D eigenvalue weighted by Crippen LogP contribution is 2.25. The van der Waals surface area contributed by atoms with Crippen LogP contribution in [0.15, 0.2) is 18.5 Å². The van der Waals surface area contributed by atoms with Crippen LogP contribution >= 0.6 is 0 Å². The zero-order valence-electron chi connectivity index (χ0n) is 7.58. The third kappa shape index (κ3) is 1.89. The number of alkyl halides is 2. The molecule has 0 fully saturated rings. The molecule has 2 rings (SSSR count). The first-order chi connectivity index (χ1) is 7.20. The van der Waals surface area contributed by atoms with Gasteiger partial charge in [-0.05, 0) is 6.07 Å². The summed E-state index contributed by atoms with van der Waals surface area (Å²) >= 11 is 0. The molecule has 0 aliphatic carbocycles. The number of fused-ring (bicyclic) bond motifs is 1. The van der Waals surface area contributed by atoms with Crippen molar-refractivity contribution in [2.45, 2.75) is 13.2 Å². The molecule has 4 nitrogen and oxygen atoms in total. The molecule has 0 aliphatic heterocycles. The van der Waals surface area contributed by atoms with Crippen molar-refractivity contribution in [2.24, 2.45) is 0 Å². The van der Waals surface area contributed by atoms with Crippen molar-refractivity contribution in [3.05, 3.63) is 24.0 Å². The fourth-order valence-corrected chi connectivity index (χ4v) is 1.34. The van der Waals surface area contributed by atoms with Gasteiger partial charge in [0.05, 0.1) is 24.0 Å². The summed E-state index contributed by atoms with van der Waals surface area (Å²) in [6.07, 6.45) is 1.44. The number of halogens is 2. The molecule has 6 heteroatoms. The van der Waals surface area contributed by atoms with Crippen LogP contribution in [-0.4, -0.2) is 21.7 Å². The van der Waals surface area contributed by atoms with Crippen molar-refractivity contribution in [2.75, 3.05) is 0 Å². The van der Waals surface area contributed by atoms with E-state index in [4.69, 9.17) is 5.11 Å². The van der Waals surface area contributed by atoms with E-state index >= 15 is 0 Å². The number of hydrogen-bond donors (Lipinski definition) is 2. The standard InChI is InChI=1S/C9H8F2N2O2/c10-9(11)15-8-2-7-6(12-4-13-7)1-5(8)3-14/h1-2,4,9,14H,3H2,(H,12,13). The van der Waals surface area contributed by atoms with Gasteiger partial charge in [-0.25, -0.2) is 4.98 Å². The summed E-state index contributed by atoms with van der Waals surface area (Å²) in [5.41, 5.74) is 1.48. The van der Waals surface area contributed by atoms with Gasteiger partial charge in [-0.3, -0.25) is 0 Å². The number of hydrogen-bond acceptors (Lipinski definition) is 3. The SMILES string of the molecule is OCc1cc2[nH]cnc2cc1OC(F)F. The number of ether oxygens (including phenoxy) is 1. The molecule has 0 saturated heterocycles. The predicted molar refractivity (Wildman–Crippen MR) is 48.6 cm³/mol. The van der Waals surface area contributed by atoms with Crippen molar-refractivity contribution in [3.63, 3.8) is 0 Å². The Morgan fingerprint density at radius 2 is 2.27 bits per heavy atom. The number of nitrogens with one attached hydrogen (secondary N) is 1. The lowest BCUT2D eigenvalue weighted by atomic mass is 10.2. The second-order valence-electron chi connectivity index (χ2n) is 2.92. The number of H-pyrrole nitrogens is 1. The Morgan fingerprint density at radius 1 is 1.47 bits per heavy atom. The summed E-state index contributed by atoms with van der Waals surface area (Å²) in [5, 5.41) is 8.97. The first-order valence-corrected chi connectivity index (χ1v) is 4.22. The third-order valence-corrected chi connectivity index (χ3v) is 1.99. The number of aliphatic hydroxyl groups is 1. The number of aromatic amines is 1. The fraction of sp³-hybridized carbons (Fsp3) is 0.222. The van der Waals surface area contributed by atoms with Crippen LogP contribution in [0.4, 0.5) is 8.78 Å². The first-order valence-electron chi connectivity index (χ1n) is 4.22. The van der Waals surface area contributed by atoms with E-state index in [0.29, 0.717) is 16.6 Å². The largest absolute Gasteiger partial charge is 0.434 e. The molecule has 0 radical (unpaired) electrons. The summed E-state index contributed by atoms with van der Waals surface area (Å²) in [7, 11) is 0. The Labute approximate surface area is 83.5 Å². The van der Waals surface area contributed by atoms with E-state index in [-0.39, 0.29) is 12.4 Å². The minimum absolute atomic E-state index is 0.0490. The van der Waals surface area contributed by atoms with Crippen molar-refractivity contribution in [1.82, 2.24) is 9.97 Å². The summed E-state index contributed by atoms with van der Waals surface area (Å²) in [5.74, 6) is -0.0490. The Balaban J connectivity index is 2.49. The van der Waals surface area contributed by atoms with Gasteiger partial charge in [0.25, 0.3) is 0 Å². The predicted octanol–water partition coefficient (Wildman–Crippen LogP) is 1.66. The van der Waals surface area contributed by atoms with Gasteiger partial charge in [0.15, 0.2) is 0 Å². The van der Waals surface area contributed by atoms with Crippen LogP contribution in [-0.2, 0) is 6.61 Å². The minimum atomic E-state index is -2.91. The van der Waals surface area contributed by atoms with Gasteiger partial charge < -0.3 is 14.8 Å². The number of aliphatic hydroxyl groups excluding tert-OH is 1. The molecule has 1 aromatic carbocycles. The summed E-state index contributed by atoms with van der Waals surface area (Å²) < 4.78 is 28.3. The number of imidazole rings is 1. The van der Waals surface area contributed by atoms with E-state index in [1.165, 1.54) is 18.5 Å². The molecule has 1 aromatic heterocycles. The molecule has 0 amide bonds. The number of aromatic nitrogens is 2. The lowest BCUT2D eigenvalue weighted by molar-refractivity contribution is -0.0508. The van der Waals surface area contributed by atoms with Gasteiger partial charge in [0, 0.05) is 11.6 Å². The highest BCUT2D eigenvalue weighted by molar-refractivity contribution is 5.77. The Hall–Kier alpha value is -1.69. The van der Waals surface area contributed by atoms with Gasteiger partial charge in [0.2, 0.25) is 0 Å². The third-order valence-electron chi connectivity index (χ3n) is 1.99. The molecule has 1 heterocycles. The van der Waals surface area contributed by atoms with E-state index in [1.807, 2.05) is 0 Å². The molecule has 2 aromatic rings. The molecule has 0 unspecified atom stereocenters. The molecule has 0 aliphatic rings. The topological polar surface area (TPSA) is 58.1 Å². The number of nitrogens with zero attached hydrogens (tertiary/aromatic N) is 1. The second kappa shape index (κ2) is 3.82. The minimum Gasteiger partial charge on any atom is -0.434 e. The maximum absolute atomic E-state index is 12.0. The van der Waals surface area contributed by atoms with Crippen LogP contribution in [0.25, 0.3) is 11.0 Å². The van der Waals surface area contributed by atoms with E-state index < -0.39 is 6.61 Å². The fourth-order valence-electron chi connectivity index (χ4n) is 1.34. The van der Waals surface area contributed by atoms with E-state index in [2.05, 4.69) is 14.7 Å². The summed E-state index contributed by atoms with van der Waals surface area (Å²) in [6.45, 7) is -3.27. The molecule has 0 spiro atoms. The highest BCUT2D eigenvalue weighted by atomic mass is 19.3.